The number of hydrogen-bond acceptors (Lipinski definition) is 0. The first-order valence-corrected chi connectivity index (χ1v) is 0. The molecule has 4 heteroatoms. The minimum absolute atomic E-state index is 0. The van der Waals surface area contributed by atoms with Crippen LogP contribution < -0.4 is 0 Å². The van der Waals surface area contributed by atoms with Crippen LogP contribution in [0.25, 0.3) is 0 Å². The van der Waals surface area contributed by atoms with Gasteiger partial charge >= 0.3 is 89.9 Å². The molecule has 0 aromatic carbocycles. The van der Waals surface area contributed by atoms with Gasteiger partial charge in [-0.1, -0.05) is 0 Å². The van der Waals surface area contributed by atoms with Crippen LogP contribution in [-0.4, -0.2) is 89.9 Å². The van der Waals surface area contributed by atoms with Crippen LogP contribution in [0.5, 0.6) is 0 Å². The zero-order valence-corrected chi connectivity index (χ0v) is 14.0. The molecule has 0 saturated carbocycles. The fourth-order valence-corrected chi connectivity index (χ4v) is 0. The van der Waals surface area contributed by atoms with Gasteiger partial charge in [-0.2, -0.15) is 13.5 Å². The molecule has 0 aliphatic carbocycles. The second-order valence-electron chi connectivity index (χ2n) is 0. The van der Waals surface area contributed by atoms with E-state index in [0.29, 0.717) is 0 Å². The van der Waals surface area contributed by atoms with Crippen LogP contribution in [0.3, 0.4) is 0 Å². The molecule has 0 heterocycles. The summed E-state index contributed by atoms with van der Waals surface area (Å²) >= 11 is 0. The van der Waals surface area contributed by atoms with Crippen molar-refractivity contribution in [3.05, 3.63) is 0 Å². The number of rotatable bonds is 0. The van der Waals surface area contributed by atoms with Crippen molar-refractivity contribution in [3.8, 4) is 0 Å². The third kappa shape index (κ3) is 8.97. The maximum absolute atomic E-state index is 0. The normalized spacial score (nSPS) is 0. The Kier molecular flexibility index (Phi) is 110. The second-order valence-corrected chi connectivity index (χ2v) is 0. The molecule has 0 bridgehead atoms. The third-order valence-electron chi connectivity index (χ3n) is 0. The topological polar surface area (TPSA) is 0 Å². The van der Waals surface area contributed by atoms with Crippen LogP contribution in [0.15, 0.2) is 0 Å². The van der Waals surface area contributed by atoms with Crippen molar-refractivity contribution >= 4 is 103 Å². The van der Waals surface area contributed by atoms with Gasteiger partial charge in [0, 0.05) is 0 Å². The summed E-state index contributed by atoms with van der Waals surface area (Å²) in [6, 6.07) is 0. The molecule has 0 aromatic heterocycles. The van der Waals surface area contributed by atoms with Crippen molar-refractivity contribution in [3.63, 3.8) is 0 Å². The molecule has 26 valence electrons. The Bertz CT molecular complexity index is 13.5. The summed E-state index contributed by atoms with van der Waals surface area (Å²) in [6.07, 6.45) is 0. The van der Waals surface area contributed by atoms with Crippen molar-refractivity contribution in [1.82, 2.24) is 0 Å². The van der Waals surface area contributed by atoms with Gasteiger partial charge in [0.15, 0.2) is 0 Å². The Morgan fingerprint density at radius 3 is 1.25 bits per heavy atom. The summed E-state index contributed by atoms with van der Waals surface area (Å²) in [7, 11) is 0. The standard InChI is InChI=1S/Ba.H2S.H2Se.Sn.4H/h;2*1H2;;;;;/q+2;;;;;;2*-1. The first kappa shape index (κ1) is 26.9. The van der Waals surface area contributed by atoms with Gasteiger partial charge in [0.1, 0.15) is 0 Å². The molecule has 0 N–H and O–H groups in total. The fraction of sp³-hybridized carbons (Fsp3) is 0. The predicted molar refractivity (Wildman–Crippen MR) is 35.4 cm³/mol. The van der Waals surface area contributed by atoms with Crippen molar-refractivity contribution in [2.45, 2.75) is 0 Å². The van der Waals surface area contributed by atoms with E-state index in [1.807, 2.05) is 0 Å². The van der Waals surface area contributed by atoms with Gasteiger partial charge in [-0.15, -0.1) is 0 Å². The molecule has 0 atom stereocenters. The van der Waals surface area contributed by atoms with E-state index in [9.17, 15) is 0 Å². The molecule has 4 heavy (non-hydrogen) atoms. The van der Waals surface area contributed by atoms with E-state index in [4.69, 9.17) is 0 Å². The van der Waals surface area contributed by atoms with Crippen LogP contribution >= 0.6 is 13.5 Å². The zero-order valence-electron chi connectivity index (χ0n) is 4.41. The first-order chi connectivity index (χ1) is 0. The molecular weight excluding hydrogens is 367 g/mol. The van der Waals surface area contributed by atoms with Gasteiger partial charge in [-0.3, -0.25) is 0 Å². The van der Waals surface area contributed by atoms with Gasteiger partial charge < -0.3 is 2.85 Å². The summed E-state index contributed by atoms with van der Waals surface area (Å²) in [6.45, 7) is 0. The van der Waals surface area contributed by atoms with Crippen LogP contribution in [0, 0.1) is 0 Å². The van der Waals surface area contributed by atoms with Crippen molar-refractivity contribution in [2.75, 3.05) is 0 Å². The van der Waals surface area contributed by atoms with E-state index in [1.165, 1.54) is 0 Å². The van der Waals surface area contributed by atoms with Crippen molar-refractivity contribution < 1.29 is 2.85 Å². The molecule has 0 nitrogen and oxygen atoms in total. The molecule has 0 saturated heterocycles. The van der Waals surface area contributed by atoms with E-state index < -0.39 is 0 Å². The second kappa shape index (κ2) is 16.3. The van der Waals surface area contributed by atoms with E-state index in [2.05, 4.69) is 0 Å². The van der Waals surface area contributed by atoms with Crippen molar-refractivity contribution in [2.24, 2.45) is 0 Å². The fourth-order valence-electron chi connectivity index (χ4n) is 0. The van der Waals surface area contributed by atoms with Crippen molar-refractivity contribution in [1.29, 1.82) is 0 Å². The Hall–Kier alpha value is 3.24. The number of hydrogen-bond donors (Lipinski definition) is 0. The predicted octanol–water partition coefficient (Wildman–Crippen LogP) is -1.88. The summed E-state index contributed by atoms with van der Waals surface area (Å²) in [4.78, 5) is 0. The Morgan fingerprint density at radius 2 is 1.25 bits per heavy atom. The molecule has 0 aliphatic rings. The van der Waals surface area contributed by atoms with E-state index in [0.717, 1.165) is 0 Å². The van der Waals surface area contributed by atoms with E-state index >= 15 is 0 Å². The SMILES string of the molecule is S.[Ba+2].[H-].[H-].[SeH2].[SnH2]. The average Bonchev–Trinajstić information content (AvgIpc) is 0. The molecule has 0 rings (SSSR count). The Labute approximate surface area is 104 Å². The molecule has 0 amide bonds. The van der Waals surface area contributed by atoms with Gasteiger partial charge in [-0.25, -0.2) is 0 Å². The minimum atomic E-state index is 0. The average molecular weight is 375 g/mol. The molecule has 2 radical (unpaired) electrons. The molecule has 0 spiro atoms. The van der Waals surface area contributed by atoms with Crippen LogP contribution in [-0.2, 0) is 0 Å². The van der Waals surface area contributed by atoms with E-state index in [1.54, 1.807) is 0 Å². The summed E-state index contributed by atoms with van der Waals surface area (Å²) in [5, 5.41) is 0. The maximum atomic E-state index is 0. The van der Waals surface area contributed by atoms with Crippen LogP contribution in [0.2, 0.25) is 0 Å². The summed E-state index contributed by atoms with van der Waals surface area (Å²) < 4.78 is 0. The van der Waals surface area contributed by atoms with Gasteiger partial charge in [0.2, 0.25) is 0 Å². The molecule has 0 fully saturated rings. The zero-order chi connectivity index (χ0) is 0. The molecule has 0 unspecified atom stereocenters. The van der Waals surface area contributed by atoms with E-state index in [-0.39, 0.29) is 106 Å². The summed E-state index contributed by atoms with van der Waals surface area (Å²) in [5.41, 5.74) is 0. The van der Waals surface area contributed by atoms with Gasteiger partial charge in [0.05, 0.1) is 0 Å². The quantitative estimate of drug-likeness (QED) is 0.436. The van der Waals surface area contributed by atoms with Crippen LogP contribution in [0.4, 0.5) is 0 Å². The first-order valence-electron chi connectivity index (χ1n) is 0. The monoisotopic (exact) mass is 378 g/mol. The third-order valence-corrected chi connectivity index (χ3v) is 0. The molecule has 0 aromatic rings. The van der Waals surface area contributed by atoms with Gasteiger partial charge in [0.25, 0.3) is 0 Å². The molecule has 0 aliphatic heterocycles. The van der Waals surface area contributed by atoms with Crippen LogP contribution in [0.1, 0.15) is 2.85 Å². The Morgan fingerprint density at radius 1 is 1.25 bits per heavy atom. The Balaban J connectivity index is 0. The molecular formula is H8BaSSeSn. The summed E-state index contributed by atoms with van der Waals surface area (Å²) in [5.74, 6) is 0. The van der Waals surface area contributed by atoms with Gasteiger partial charge in [-0.05, 0) is 0 Å².